The van der Waals surface area contributed by atoms with E-state index < -0.39 is 18.2 Å². The molecule has 0 saturated heterocycles. The molecule has 0 amide bonds. The molecule has 0 fully saturated rings. The van der Waals surface area contributed by atoms with Crippen LogP contribution >= 0.6 is 23.2 Å². The molecule has 1 heterocycles. The lowest BCUT2D eigenvalue weighted by Gasteiger charge is -2.11. The van der Waals surface area contributed by atoms with E-state index in [1.165, 1.54) is 18.2 Å². The third kappa shape index (κ3) is 2.49. The molecule has 0 aromatic heterocycles. The van der Waals surface area contributed by atoms with Crippen molar-refractivity contribution in [2.75, 3.05) is 0 Å². The van der Waals surface area contributed by atoms with Gasteiger partial charge in [0, 0.05) is 11.6 Å². The Morgan fingerprint density at radius 2 is 1.94 bits per heavy atom. The van der Waals surface area contributed by atoms with Crippen LogP contribution in [0, 0.1) is 0 Å². The number of hydrogen-bond donors (Lipinski definition) is 0. The standard InChI is InChI=1S/C12H8Cl2O4/c1-6-5-9(17-11(6)15)18-12(16)10-7(13)3-2-4-8(10)14/h2-5,9H,1H3/t9-/m0/s1. The van der Waals surface area contributed by atoms with Crippen molar-refractivity contribution in [3.05, 3.63) is 45.5 Å². The summed E-state index contributed by atoms with van der Waals surface area (Å²) in [5.74, 6) is -1.26. The van der Waals surface area contributed by atoms with Crippen LogP contribution in [0.4, 0.5) is 0 Å². The van der Waals surface area contributed by atoms with Crippen molar-refractivity contribution >= 4 is 35.1 Å². The molecule has 1 atom stereocenters. The van der Waals surface area contributed by atoms with Gasteiger partial charge in [-0.25, -0.2) is 9.59 Å². The molecular formula is C12H8Cl2O4. The van der Waals surface area contributed by atoms with E-state index >= 15 is 0 Å². The van der Waals surface area contributed by atoms with Gasteiger partial charge in [-0.2, -0.15) is 0 Å². The molecule has 0 unspecified atom stereocenters. The highest BCUT2D eigenvalue weighted by atomic mass is 35.5. The molecule has 6 heteroatoms. The van der Waals surface area contributed by atoms with E-state index in [4.69, 9.17) is 32.7 Å². The SMILES string of the molecule is CC1=C[C@H](OC(=O)c2c(Cl)cccc2Cl)OC1=O. The quantitative estimate of drug-likeness (QED) is 0.785. The molecule has 0 spiro atoms. The molecule has 0 saturated carbocycles. The number of esters is 2. The van der Waals surface area contributed by atoms with Crippen LogP contribution in [0.15, 0.2) is 29.8 Å². The molecule has 1 aromatic carbocycles. The molecular weight excluding hydrogens is 279 g/mol. The predicted molar refractivity (Wildman–Crippen MR) is 65.5 cm³/mol. The maximum Gasteiger partial charge on any atom is 0.344 e. The average molecular weight is 287 g/mol. The van der Waals surface area contributed by atoms with Crippen molar-refractivity contribution in [1.29, 1.82) is 0 Å². The maximum absolute atomic E-state index is 11.8. The summed E-state index contributed by atoms with van der Waals surface area (Å²) in [7, 11) is 0. The Morgan fingerprint density at radius 1 is 1.33 bits per heavy atom. The summed E-state index contributed by atoms with van der Waals surface area (Å²) in [5.41, 5.74) is 0.438. The van der Waals surface area contributed by atoms with Gasteiger partial charge in [0.05, 0.1) is 15.6 Å². The fourth-order valence-corrected chi connectivity index (χ4v) is 1.97. The van der Waals surface area contributed by atoms with Crippen LogP contribution in [0.5, 0.6) is 0 Å². The summed E-state index contributed by atoms with van der Waals surface area (Å²) in [6.45, 7) is 1.57. The summed E-state index contributed by atoms with van der Waals surface area (Å²) in [6, 6.07) is 4.65. The molecule has 0 bridgehead atoms. The Labute approximate surface area is 113 Å². The molecule has 1 aliphatic rings. The van der Waals surface area contributed by atoms with Crippen molar-refractivity contribution < 1.29 is 19.1 Å². The van der Waals surface area contributed by atoms with Crippen molar-refractivity contribution in [2.24, 2.45) is 0 Å². The van der Waals surface area contributed by atoms with Crippen molar-refractivity contribution in [3.8, 4) is 0 Å². The number of ether oxygens (including phenoxy) is 2. The first kappa shape index (κ1) is 12.9. The minimum atomic E-state index is -1.03. The minimum absolute atomic E-state index is 0.0508. The monoisotopic (exact) mass is 286 g/mol. The Hall–Kier alpha value is -1.52. The summed E-state index contributed by atoms with van der Waals surface area (Å²) >= 11 is 11.7. The molecule has 0 N–H and O–H groups in total. The number of cyclic esters (lactones) is 1. The Morgan fingerprint density at radius 3 is 2.44 bits per heavy atom. The number of carbonyl (C=O) groups is 2. The van der Waals surface area contributed by atoms with E-state index in [1.54, 1.807) is 13.0 Å². The fourth-order valence-electron chi connectivity index (χ4n) is 1.42. The second-order valence-corrected chi connectivity index (χ2v) is 4.44. The molecule has 0 radical (unpaired) electrons. The van der Waals surface area contributed by atoms with Crippen LogP contribution in [-0.4, -0.2) is 18.2 Å². The Bertz CT molecular complexity index is 531. The van der Waals surface area contributed by atoms with Gasteiger partial charge in [-0.15, -0.1) is 0 Å². The molecule has 1 aromatic rings. The van der Waals surface area contributed by atoms with Gasteiger partial charge in [-0.3, -0.25) is 0 Å². The second kappa shape index (κ2) is 5.00. The van der Waals surface area contributed by atoms with Crippen LogP contribution < -0.4 is 0 Å². The van der Waals surface area contributed by atoms with Gasteiger partial charge in [0.1, 0.15) is 0 Å². The summed E-state index contributed by atoms with van der Waals surface area (Å²) < 4.78 is 9.76. The summed E-state index contributed by atoms with van der Waals surface area (Å²) in [6.07, 6.45) is 0.377. The zero-order valence-corrected chi connectivity index (χ0v) is 10.8. The van der Waals surface area contributed by atoms with Crippen molar-refractivity contribution in [2.45, 2.75) is 13.2 Å². The lowest BCUT2D eigenvalue weighted by atomic mass is 10.2. The first-order chi connectivity index (χ1) is 8.49. The number of hydrogen-bond acceptors (Lipinski definition) is 4. The highest BCUT2D eigenvalue weighted by Crippen LogP contribution is 2.26. The number of rotatable bonds is 2. The molecule has 2 rings (SSSR count). The zero-order chi connectivity index (χ0) is 13.3. The third-order valence-electron chi connectivity index (χ3n) is 2.32. The smallest absolute Gasteiger partial charge is 0.344 e. The summed E-state index contributed by atoms with van der Waals surface area (Å²) in [4.78, 5) is 22.9. The van der Waals surface area contributed by atoms with Crippen LogP contribution in [0.2, 0.25) is 10.0 Å². The molecule has 0 aliphatic carbocycles. The van der Waals surface area contributed by atoms with Gasteiger partial charge < -0.3 is 9.47 Å². The van der Waals surface area contributed by atoms with Gasteiger partial charge in [0.2, 0.25) is 0 Å². The van der Waals surface area contributed by atoms with E-state index in [0.717, 1.165) is 0 Å². The minimum Gasteiger partial charge on any atom is -0.418 e. The molecule has 18 heavy (non-hydrogen) atoms. The largest absolute Gasteiger partial charge is 0.418 e. The molecule has 1 aliphatic heterocycles. The Kier molecular flexibility index (Phi) is 3.59. The predicted octanol–water partition coefficient (Wildman–Crippen LogP) is 2.98. The maximum atomic E-state index is 11.8. The fraction of sp³-hybridized carbons (Fsp3) is 0.167. The second-order valence-electron chi connectivity index (χ2n) is 3.63. The first-order valence-electron chi connectivity index (χ1n) is 5.03. The number of halogens is 2. The van der Waals surface area contributed by atoms with Crippen LogP contribution in [0.25, 0.3) is 0 Å². The average Bonchev–Trinajstić information content (AvgIpc) is 2.57. The van der Waals surface area contributed by atoms with E-state index in [0.29, 0.717) is 5.57 Å². The summed E-state index contributed by atoms with van der Waals surface area (Å²) in [5, 5.41) is 0.357. The van der Waals surface area contributed by atoms with E-state index in [9.17, 15) is 9.59 Å². The Balaban J connectivity index is 2.17. The first-order valence-corrected chi connectivity index (χ1v) is 5.79. The van der Waals surface area contributed by atoms with Crippen LogP contribution in [0.3, 0.4) is 0 Å². The van der Waals surface area contributed by atoms with Gasteiger partial charge >= 0.3 is 11.9 Å². The van der Waals surface area contributed by atoms with Crippen LogP contribution in [-0.2, 0) is 14.3 Å². The van der Waals surface area contributed by atoms with Crippen LogP contribution in [0.1, 0.15) is 17.3 Å². The zero-order valence-electron chi connectivity index (χ0n) is 9.28. The van der Waals surface area contributed by atoms with Crippen molar-refractivity contribution in [3.63, 3.8) is 0 Å². The number of carbonyl (C=O) groups excluding carboxylic acids is 2. The van der Waals surface area contributed by atoms with Gasteiger partial charge in [-0.1, -0.05) is 29.3 Å². The third-order valence-corrected chi connectivity index (χ3v) is 2.95. The van der Waals surface area contributed by atoms with E-state index in [-0.39, 0.29) is 15.6 Å². The lowest BCUT2D eigenvalue weighted by Crippen LogP contribution is -2.18. The van der Waals surface area contributed by atoms with Gasteiger partial charge in [0.25, 0.3) is 6.29 Å². The van der Waals surface area contributed by atoms with E-state index in [2.05, 4.69) is 0 Å². The highest BCUT2D eigenvalue weighted by Gasteiger charge is 2.27. The normalized spacial score (nSPS) is 18.3. The lowest BCUT2D eigenvalue weighted by molar-refractivity contribution is -0.151. The van der Waals surface area contributed by atoms with Gasteiger partial charge in [-0.05, 0) is 19.1 Å². The highest BCUT2D eigenvalue weighted by molar-refractivity contribution is 6.39. The number of benzene rings is 1. The topological polar surface area (TPSA) is 52.6 Å². The molecule has 4 nitrogen and oxygen atoms in total. The van der Waals surface area contributed by atoms with Gasteiger partial charge in [0.15, 0.2) is 0 Å². The van der Waals surface area contributed by atoms with E-state index in [1.807, 2.05) is 0 Å². The molecule has 94 valence electrons. The van der Waals surface area contributed by atoms with Crippen molar-refractivity contribution in [1.82, 2.24) is 0 Å².